The first kappa shape index (κ1) is 24.3. The van der Waals surface area contributed by atoms with Crippen molar-refractivity contribution in [1.82, 2.24) is 20.4 Å². The lowest BCUT2D eigenvalue weighted by Gasteiger charge is -2.37. The molecule has 0 radical (unpaired) electrons. The van der Waals surface area contributed by atoms with Gasteiger partial charge in [0.1, 0.15) is 6.04 Å². The fraction of sp³-hybridized carbons (Fsp3) is 0.407. The van der Waals surface area contributed by atoms with Crippen LogP contribution in [-0.2, 0) is 22.7 Å². The molecule has 0 bridgehead atoms. The van der Waals surface area contributed by atoms with E-state index in [2.05, 4.69) is 39.8 Å². The maximum Gasteiger partial charge on any atom is 0.262 e. The van der Waals surface area contributed by atoms with Gasteiger partial charge in [0.2, 0.25) is 11.8 Å². The predicted octanol–water partition coefficient (Wildman–Crippen LogP) is 1.03. The molecule has 0 aliphatic carbocycles. The summed E-state index contributed by atoms with van der Waals surface area (Å²) in [5, 5.41) is 5.68. The van der Waals surface area contributed by atoms with Crippen LogP contribution in [-0.4, -0.2) is 65.1 Å². The van der Waals surface area contributed by atoms with Gasteiger partial charge in [-0.05, 0) is 42.5 Å². The molecule has 2 saturated heterocycles. The third-order valence-corrected chi connectivity index (χ3v) is 7.40. The quantitative estimate of drug-likeness (QED) is 0.496. The molecular formula is C27H31N5O4. The first-order valence-corrected chi connectivity index (χ1v) is 12.5. The van der Waals surface area contributed by atoms with E-state index in [-0.39, 0.29) is 30.7 Å². The van der Waals surface area contributed by atoms with Crippen LogP contribution in [0, 0.1) is 5.92 Å². The molecule has 0 spiro atoms. The number of fused-ring (bicyclic) bond motifs is 1. The molecule has 4 N–H and O–H groups in total. The molecule has 2 aromatic carbocycles. The third-order valence-electron chi connectivity index (χ3n) is 7.40. The van der Waals surface area contributed by atoms with Crippen molar-refractivity contribution >= 4 is 23.6 Å². The smallest absolute Gasteiger partial charge is 0.262 e. The number of nitrogens with one attached hydrogen (secondary N) is 2. The predicted molar refractivity (Wildman–Crippen MR) is 133 cm³/mol. The number of benzene rings is 2. The summed E-state index contributed by atoms with van der Waals surface area (Å²) in [6, 6.07) is 14.7. The molecule has 0 aromatic heterocycles. The first-order valence-electron chi connectivity index (χ1n) is 12.5. The summed E-state index contributed by atoms with van der Waals surface area (Å²) in [6.45, 7) is 3.84. The third kappa shape index (κ3) is 4.82. The van der Waals surface area contributed by atoms with Crippen LogP contribution in [0.5, 0.6) is 0 Å². The number of imide groups is 2. The Labute approximate surface area is 210 Å². The molecule has 3 heterocycles. The number of carbonyl (C=O) groups excluding carboxylic acids is 4. The van der Waals surface area contributed by atoms with E-state index in [4.69, 9.17) is 5.73 Å². The molecule has 9 nitrogen and oxygen atoms in total. The zero-order valence-electron chi connectivity index (χ0n) is 20.1. The molecule has 3 aliphatic rings. The van der Waals surface area contributed by atoms with Crippen molar-refractivity contribution in [3.8, 4) is 0 Å². The minimum Gasteiger partial charge on any atom is -0.327 e. The molecule has 3 atom stereocenters. The highest BCUT2D eigenvalue weighted by Crippen LogP contribution is 2.30. The second-order valence-corrected chi connectivity index (χ2v) is 9.85. The van der Waals surface area contributed by atoms with Crippen LogP contribution in [0.2, 0.25) is 0 Å². The molecule has 36 heavy (non-hydrogen) atoms. The van der Waals surface area contributed by atoms with Crippen molar-refractivity contribution in [1.29, 1.82) is 0 Å². The van der Waals surface area contributed by atoms with Crippen molar-refractivity contribution in [3.63, 3.8) is 0 Å². The zero-order valence-corrected chi connectivity index (χ0v) is 20.1. The second kappa shape index (κ2) is 10.3. The van der Waals surface area contributed by atoms with E-state index in [1.54, 1.807) is 12.1 Å². The van der Waals surface area contributed by atoms with Crippen molar-refractivity contribution in [2.75, 3.05) is 19.6 Å². The van der Waals surface area contributed by atoms with Gasteiger partial charge in [0.15, 0.2) is 0 Å². The number of nitrogens with two attached hydrogens (primary N) is 1. The zero-order chi connectivity index (χ0) is 25.2. The highest BCUT2D eigenvalue weighted by Gasteiger charge is 2.45. The van der Waals surface area contributed by atoms with Crippen molar-refractivity contribution < 1.29 is 19.2 Å². The number of nitrogens with zero attached hydrogens (tertiary/aromatic N) is 2. The summed E-state index contributed by atoms with van der Waals surface area (Å²) in [5.74, 6) is -1.70. The fourth-order valence-electron chi connectivity index (χ4n) is 5.45. The molecular weight excluding hydrogens is 458 g/mol. The van der Waals surface area contributed by atoms with Crippen LogP contribution in [0.25, 0.3) is 0 Å². The molecule has 9 heteroatoms. The molecule has 188 valence electrons. The van der Waals surface area contributed by atoms with Gasteiger partial charge < -0.3 is 11.1 Å². The number of carbonyl (C=O) groups is 4. The number of piperidine rings is 2. The number of rotatable bonds is 7. The Kier molecular flexibility index (Phi) is 6.95. The van der Waals surface area contributed by atoms with Gasteiger partial charge >= 0.3 is 0 Å². The minimum absolute atomic E-state index is 0.0947. The summed E-state index contributed by atoms with van der Waals surface area (Å²) < 4.78 is 0. The molecule has 2 aromatic rings. The maximum absolute atomic E-state index is 13.3. The molecule has 3 aliphatic heterocycles. The molecule has 0 saturated carbocycles. The van der Waals surface area contributed by atoms with Crippen LogP contribution in [0.1, 0.15) is 51.1 Å². The Morgan fingerprint density at radius 3 is 2.56 bits per heavy atom. The number of hydrogen-bond donors (Lipinski definition) is 3. The van der Waals surface area contributed by atoms with Gasteiger partial charge in [-0.3, -0.25) is 34.3 Å². The van der Waals surface area contributed by atoms with Gasteiger partial charge in [-0.15, -0.1) is 0 Å². The Hall–Kier alpha value is -3.40. The average Bonchev–Trinajstić information content (AvgIpc) is 3.12. The van der Waals surface area contributed by atoms with E-state index in [9.17, 15) is 19.2 Å². The van der Waals surface area contributed by atoms with Gasteiger partial charge in [0, 0.05) is 38.6 Å². The van der Waals surface area contributed by atoms with Crippen LogP contribution in [0.4, 0.5) is 0 Å². The first-order chi connectivity index (χ1) is 17.4. The lowest BCUT2D eigenvalue weighted by molar-refractivity contribution is -0.136. The van der Waals surface area contributed by atoms with E-state index in [1.165, 1.54) is 5.56 Å². The van der Waals surface area contributed by atoms with Crippen molar-refractivity contribution in [3.05, 3.63) is 70.8 Å². The average molecular weight is 490 g/mol. The summed E-state index contributed by atoms with van der Waals surface area (Å²) in [5.41, 5.74) is 9.06. The summed E-state index contributed by atoms with van der Waals surface area (Å²) in [4.78, 5) is 53.6. The summed E-state index contributed by atoms with van der Waals surface area (Å²) >= 11 is 0. The Bertz CT molecular complexity index is 1180. The van der Waals surface area contributed by atoms with E-state index in [0.29, 0.717) is 29.8 Å². The summed E-state index contributed by atoms with van der Waals surface area (Å²) in [6.07, 6.45) is 1.16. The Morgan fingerprint density at radius 1 is 0.972 bits per heavy atom. The van der Waals surface area contributed by atoms with Gasteiger partial charge in [-0.25, -0.2) is 0 Å². The Morgan fingerprint density at radius 2 is 1.78 bits per heavy atom. The van der Waals surface area contributed by atoms with Crippen molar-refractivity contribution in [2.24, 2.45) is 11.7 Å². The van der Waals surface area contributed by atoms with Crippen molar-refractivity contribution in [2.45, 2.75) is 44.4 Å². The largest absolute Gasteiger partial charge is 0.327 e. The molecule has 5 rings (SSSR count). The topological polar surface area (TPSA) is 125 Å². The fourth-order valence-corrected chi connectivity index (χ4v) is 5.45. The number of likely N-dealkylation sites (tertiary alicyclic amines) is 1. The van der Waals surface area contributed by atoms with Gasteiger partial charge in [-0.1, -0.05) is 42.5 Å². The highest BCUT2D eigenvalue weighted by atomic mass is 16.2. The van der Waals surface area contributed by atoms with E-state index in [1.807, 2.05) is 12.1 Å². The highest BCUT2D eigenvalue weighted by molar-refractivity contribution is 6.24. The van der Waals surface area contributed by atoms with Gasteiger partial charge in [0.05, 0.1) is 11.1 Å². The molecule has 4 amide bonds. The van der Waals surface area contributed by atoms with E-state index < -0.39 is 23.8 Å². The van der Waals surface area contributed by atoms with Gasteiger partial charge in [-0.2, -0.15) is 0 Å². The monoisotopic (exact) mass is 489 g/mol. The summed E-state index contributed by atoms with van der Waals surface area (Å²) in [7, 11) is 0. The Balaban J connectivity index is 1.23. The lowest BCUT2D eigenvalue weighted by Crippen LogP contribution is -2.54. The number of amides is 4. The maximum atomic E-state index is 13.3. The minimum atomic E-state index is -0.966. The molecule has 1 unspecified atom stereocenters. The molecule has 2 fully saturated rings. The van der Waals surface area contributed by atoms with E-state index >= 15 is 0 Å². The van der Waals surface area contributed by atoms with E-state index in [0.717, 1.165) is 31.0 Å². The SMILES string of the molecule is N[C@@H]1CCN(Cc2ccccc2)C[C@H]1CNCc1cccc2c1C(=O)N(C1CCC(=O)NC1=O)C2=O. The standard InChI is InChI=1S/C27H31N5O4/c28-21-11-12-31(15-17-5-2-1-3-6-17)16-19(21)14-29-13-18-7-4-8-20-24(18)27(36)32(26(20)35)22-9-10-23(33)30-25(22)34/h1-8,19,21-22,29H,9-16,28H2,(H,30,33,34)/t19-,21-,22?/m1/s1. The lowest BCUT2D eigenvalue weighted by atomic mass is 9.92. The number of hydrogen-bond acceptors (Lipinski definition) is 7. The van der Waals surface area contributed by atoms with Crippen LogP contribution in [0.3, 0.4) is 0 Å². The van der Waals surface area contributed by atoms with Crippen LogP contribution in [0.15, 0.2) is 48.5 Å². The van der Waals surface area contributed by atoms with Crippen LogP contribution >= 0.6 is 0 Å². The normalized spacial score (nSPS) is 24.7. The van der Waals surface area contributed by atoms with Crippen LogP contribution < -0.4 is 16.4 Å². The second-order valence-electron chi connectivity index (χ2n) is 9.85. The van der Waals surface area contributed by atoms with Gasteiger partial charge in [0.25, 0.3) is 11.8 Å².